The lowest BCUT2D eigenvalue weighted by Crippen LogP contribution is -2.23. The highest BCUT2D eigenvalue weighted by Crippen LogP contribution is 2.16. The summed E-state index contributed by atoms with van der Waals surface area (Å²) < 4.78 is 5.95. The zero-order valence-corrected chi connectivity index (χ0v) is 18.0. The van der Waals surface area contributed by atoms with E-state index in [0.29, 0.717) is 35.7 Å². The quantitative estimate of drug-likeness (QED) is 0.429. The van der Waals surface area contributed by atoms with Gasteiger partial charge in [-0.1, -0.05) is 42.8 Å². The number of rotatable bonds is 6. The fraction of sp³-hybridized carbons (Fsp3) is 0.286. The summed E-state index contributed by atoms with van der Waals surface area (Å²) in [5, 5.41) is 6.08. The molecule has 0 spiro atoms. The van der Waals surface area contributed by atoms with Gasteiger partial charge < -0.3 is 0 Å². The van der Waals surface area contributed by atoms with Gasteiger partial charge in [0, 0.05) is 18.1 Å². The molecule has 4 rings (SSSR count). The molecule has 2 aromatic heterocycles. The van der Waals surface area contributed by atoms with Gasteiger partial charge in [-0.2, -0.15) is 0 Å². The fourth-order valence-corrected chi connectivity index (χ4v) is 4.10. The minimum Gasteiger partial charge on any atom is -0.283 e. The number of hydrogen-bond acceptors (Lipinski definition) is 4. The third-order valence-corrected chi connectivity index (χ3v) is 5.48. The van der Waals surface area contributed by atoms with Crippen molar-refractivity contribution < 1.29 is 0 Å². The zero-order chi connectivity index (χ0) is 20.5. The predicted molar refractivity (Wildman–Crippen MR) is 119 cm³/mol. The zero-order valence-electron chi connectivity index (χ0n) is 16.4. The maximum absolute atomic E-state index is 13.0. The molecule has 0 aliphatic heterocycles. The van der Waals surface area contributed by atoms with E-state index in [1.54, 1.807) is 9.25 Å². The number of fused-ring (bicyclic) bond motifs is 3. The lowest BCUT2D eigenvalue weighted by molar-refractivity contribution is 0.244. The fourth-order valence-electron chi connectivity index (χ4n) is 3.61. The van der Waals surface area contributed by atoms with Crippen molar-refractivity contribution in [3.63, 3.8) is 0 Å². The van der Waals surface area contributed by atoms with Crippen molar-refractivity contribution >= 4 is 40.5 Å². The number of hydrogen-bond donors (Lipinski definition) is 0. The second-order valence-corrected chi connectivity index (χ2v) is 7.98. The monoisotopic (exact) mass is 427 g/mol. The van der Waals surface area contributed by atoms with Gasteiger partial charge in [-0.05, 0) is 55.5 Å². The third-order valence-electron chi connectivity index (χ3n) is 4.85. The molecule has 0 radical (unpaired) electrons. The molecule has 0 atom stereocenters. The van der Waals surface area contributed by atoms with Crippen LogP contribution in [0, 0.1) is 4.77 Å². The second-order valence-electron chi connectivity index (χ2n) is 7.18. The van der Waals surface area contributed by atoms with Crippen LogP contribution < -0.4 is 5.56 Å². The molecule has 6 nitrogen and oxygen atoms in total. The van der Waals surface area contributed by atoms with Crippen LogP contribution in [0.25, 0.3) is 16.7 Å². The van der Waals surface area contributed by atoms with Gasteiger partial charge >= 0.3 is 0 Å². The molecule has 0 saturated heterocycles. The number of benzene rings is 2. The normalized spacial score (nSPS) is 11.7. The Morgan fingerprint density at radius 3 is 2.72 bits per heavy atom. The van der Waals surface area contributed by atoms with Crippen LogP contribution in [0.1, 0.15) is 18.9 Å². The smallest absolute Gasteiger partial charge is 0.262 e. The third kappa shape index (κ3) is 3.73. The lowest BCUT2D eigenvalue weighted by Gasteiger charge is -2.16. The molecule has 0 saturated carbocycles. The molecule has 29 heavy (non-hydrogen) atoms. The Labute approximate surface area is 178 Å². The van der Waals surface area contributed by atoms with Crippen LogP contribution in [0.4, 0.5) is 0 Å². The minimum atomic E-state index is -0.0330. The van der Waals surface area contributed by atoms with Crippen LogP contribution in [0.2, 0.25) is 5.02 Å². The number of aryl methyl sites for hydroxylation is 1. The molecule has 0 fully saturated rings. The van der Waals surface area contributed by atoms with E-state index in [1.165, 1.54) is 0 Å². The molecule has 4 aromatic rings. The van der Waals surface area contributed by atoms with Crippen molar-refractivity contribution in [2.24, 2.45) is 0 Å². The maximum Gasteiger partial charge on any atom is 0.262 e. The van der Waals surface area contributed by atoms with E-state index in [-0.39, 0.29) is 5.56 Å². The molecular formula is C21H22ClN5OS. The van der Waals surface area contributed by atoms with Crippen LogP contribution in [-0.2, 0) is 19.8 Å². The first-order valence-electron chi connectivity index (χ1n) is 9.53. The van der Waals surface area contributed by atoms with E-state index in [4.69, 9.17) is 28.9 Å². The molecule has 0 aliphatic carbocycles. The van der Waals surface area contributed by atoms with E-state index in [2.05, 4.69) is 4.90 Å². The molecule has 0 aliphatic rings. The predicted octanol–water partition coefficient (Wildman–Crippen LogP) is 4.33. The Bertz CT molecular complexity index is 1310. The Morgan fingerprint density at radius 1 is 1.17 bits per heavy atom. The Hall–Kier alpha value is -2.48. The van der Waals surface area contributed by atoms with Gasteiger partial charge in [0.1, 0.15) is 0 Å². The van der Waals surface area contributed by atoms with Crippen molar-refractivity contribution in [3.8, 4) is 0 Å². The summed E-state index contributed by atoms with van der Waals surface area (Å²) in [6.07, 6.45) is 0.836. The summed E-state index contributed by atoms with van der Waals surface area (Å²) in [7, 11) is 2.00. The molecule has 2 aromatic carbocycles. The highest BCUT2D eigenvalue weighted by atomic mass is 35.5. The summed E-state index contributed by atoms with van der Waals surface area (Å²) in [5.74, 6) is 0.580. The van der Waals surface area contributed by atoms with Crippen LogP contribution in [0.15, 0.2) is 53.3 Å². The number of nitrogens with zero attached hydrogens (tertiary/aromatic N) is 5. The molecule has 0 N–H and O–H groups in total. The van der Waals surface area contributed by atoms with Gasteiger partial charge in [0.2, 0.25) is 10.5 Å². The summed E-state index contributed by atoms with van der Waals surface area (Å²) in [6, 6.07) is 15.3. The van der Waals surface area contributed by atoms with Crippen LogP contribution in [0.3, 0.4) is 0 Å². The van der Waals surface area contributed by atoms with Crippen LogP contribution >= 0.6 is 23.8 Å². The lowest BCUT2D eigenvalue weighted by atomic mass is 10.2. The molecule has 0 bridgehead atoms. The van der Waals surface area contributed by atoms with Crippen molar-refractivity contribution in [2.75, 3.05) is 7.05 Å². The van der Waals surface area contributed by atoms with Gasteiger partial charge in [0.05, 0.1) is 17.6 Å². The van der Waals surface area contributed by atoms with Crippen molar-refractivity contribution in [2.45, 2.75) is 33.1 Å². The second kappa shape index (κ2) is 8.10. The van der Waals surface area contributed by atoms with Gasteiger partial charge in [-0.3, -0.25) is 18.7 Å². The largest absolute Gasteiger partial charge is 0.283 e. The number of para-hydroxylation sites is 1. The van der Waals surface area contributed by atoms with Gasteiger partial charge in [-0.25, -0.2) is 4.68 Å². The highest BCUT2D eigenvalue weighted by molar-refractivity contribution is 7.71. The molecule has 150 valence electrons. The van der Waals surface area contributed by atoms with Crippen molar-refractivity contribution in [1.29, 1.82) is 0 Å². The summed E-state index contributed by atoms with van der Waals surface area (Å²) >= 11 is 11.8. The van der Waals surface area contributed by atoms with E-state index in [0.717, 1.165) is 22.5 Å². The highest BCUT2D eigenvalue weighted by Gasteiger charge is 2.16. The molecule has 2 heterocycles. The molecule has 0 unspecified atom stereocenters. The average Bonchev–Trinajstić information content (AvgIpc) is 3.01. The number of halogens is 1. The molecule has 0 amide bonds. The van der Waals surface area contributed by atoms with Crippen molar-refractivity contribution in [3.05, 3.63) is 74.2 Å². The Morgan fingerprint density at radius 2 is 1.97 bits per heavy atom. The van der Waals surface area contributed by atoms with Crippen molar-refractivity contribution in [1.82, 2.24) is 23.6 Å². The minimum absolute atomic E-state index is 0.0330. The molecule has 8 heteroatoms. The maximum atomic E-state index is 13.0. The van der Waals surface area contributed by atoms with Crippen LogP contribution in [0.5, 0.6) is 0 Å². The molecular weight excluding hydrogens is 406 g/mol. The van der Waals surface area contributed by atoms with Gasteiger partial charge in [0.15, 0.2) is 0 Å². The summed E-state index contributed by atoms with van der Waals surface area (Å²) in [6.45, 7) is 3.85. The summed E-state index contributed by atoms with van der Waals surface area (Å²) in [5.41, 5.74) is 1.87. The first kappa shape index (κ1) is 19.8. The summed E-state index contributed by atoms with van der Waals surface area (Å²) in [4.78, 5) is 15.1. The standard InChI is InChI=1S/C21H22ClN5OS/c1-3-11-25-19(28)17-9-4-5-10-18(17)27-20(25)23-26(21(27)29)14-24(2)13-15-7-6-8-16(22)12-15/h4-10,12H,3,11,13-14H2,1-2H3. The van der Waals surface area contributed by atoms with E-state index < -0.39 is 0 Å². The Balaban J connectivity index is 1.79. The topological polar surface area (TPSA) is 47.5 Å². The Kier molecular flexibility index (Phi) is 5.54. The van der Waals surface area contributed by atoms with Gasteiger partial charge in [0.25, 0.3) is 5.56 Å². The SMILES string of the molecule is CCCn1c(=O)c2ccccc2n2c(=S)n(CN(C)Cc3cccc(Cl)c3)nc12. The number of aromatic nitrogens is 4. The van der Waals surface area contributed by atoms with E-state index in [1.807, 2.05) is 66.9 Å². The average molecular weight is 428 g/mol. The first-order valence-corrected chi connectivity index (χ1v) is 10.3. The first-order chi connectivity index (χ1) is 14.0. The van der Waals surface area contributed by atoms with E-state index in [9.17, 15) is 4.79 Å². The van der Waals surface area contributed by atoms with E-state index >= 15 is 0 Å². The van der Waals surface area contributed by atoms with Crippen LogP contribution in [-0.4, -0.2) is 30.7 Å². The van der Waals surface area contributed by atoms with Gasteiger partial charge in [-0.15, -0.1) is 5.10 Å².